The van der Waals surface area contributed by atoms with Gasteiger partial charge in [0.05, 0.1) is 19.3 Å². The van der Waals surface area contributed by atoms with Gasteiger partial charge in [-0.15, -0.1) is 0 Å². The highest BCUT2D eigenvalue weighted by molar-refractivity contribution is 5.74. The number of esters is 1. The molecule has 1 aromatic carbocycles. The Balaban J connectivity index is 1.60. The Morgan fingerprint density at radius 2 is 1.81 bits per heavy atom. The fourth-order valence-corrected chi connectivity index (χ4v) is 4.10. The summed E-state index contributed by atoms with van der Waals surface area (Å²) in [4.78, 5) is 12.0. The Kier molecular flexibility index (Phi) is 3.05. The van der Waals surface area contributed by atoms with E-state index < -0.39 is 5.79 Å². The molecule has 0 radical (unpaired) electrons. The van der Waals surface area contributed by atoms with E-state index in [-0.39, 0.29) is 24.1 Å². The molecule has 2 fully saturated rings. The van der Waals surface area contributed by atoms with Crippen LogP contribution in [0, 0.1) is 5.92 Å². The van der Waals surface area contributed by atoms with Gasteiger partial charge in [0.2, 0.25) is 0 Å². The van der Waals surface area contributed by atoms with Crippen molar-refractivity contribution in [3.8, 4) is 0 Å². The molecule has 1 aliphatic heterocycles. The molecule has 1 heterocycles. The standard InChI is InChI=1S/C17H20O4/c1-19-16(18)13-7-4-8-17(13)20-14-9-11-5-2-3-6-12(11)10-15(14)21-17/h2-3,5-6,13-15H,4,7-10H2,1H3/t13?,14-,15-/m1/s1. The average Bonchev–Trinajstić information content (AvgIpc) is 3.06. The lowest BCUT2D eigenvalue weighted by Crippen LogP contribution is -2.40. The number of carbonyl (C=O) groups excluding carboxylic acids is 1. The number of hydrogen-bond donors (Lipinski definition) is 0. The van der Waals surface area contributed by atoms with Gasteiger partial charge in [0, 0.05) is 19.3 Å². The third-order valence-corrected chi connectivity index (χ3v) is 5.11. The Hall–Kier alpha value is -1.39. The summed E-state index contributed by atoms with van der Waals surface area (Å²) < 4.78 is 17.5. The number of benzene rings is 1. The summed E-state index contributed by atoms with van der Waals surface area (Å²) in [5.41, 5.74) is 2.68. The van der Waals surface area contributed by atoms with E-state index in [2.05, 4.69) is 24.3 Å². The Bertz CT molecular complexity index is 535. The lowest BCUT2D eigenvalue weighted by molar-refractivity contribution is -0.208. The van der Waals surface area contributed by atoms with Crippen LogP contribution in [0.15, 0.2) is 24.3 Å². The molecular weight excluding hydrogens is 268 g/mol. The molecule has 1 unspecified atom stereocenters. The van der Waals surface area contributed by atoms with Gasteiger partial charge in [0.25, 0.3) is 0 Å². The van der Waals surface area contributed by atoms with Crippen LogP contribution in [0.5, 0.6) is 0 Å². The molecule has 0 bridgehead atoms. The predicted molar refractivity (Wildman–Crippen MR) is 75.7 cm³/mol. The highest BCUT2D eigenvalue weighted by atomic mass is 16.8. The van der Waals surface area contributed by atoms with Gasteiger partial charge in [0.15, 0.2) is 5.79 Å². The number of fused-ring (bicyclic) bond motifs is 2. The molecule has 1 saturated carbocycles. The van der Waals surface area contributed by atoms with Crippen LogP contribution in [0.2, 0.25) is 0 Å². The molecular formula is C17H20O4. The van der Waals surface area contributed by atoms with Crippen molar-refractivity contribution in [1.82, 2.24) is 0 Å². The second-order valence-electron chi connectivity index (χ2n) is 6.27. The first kappa shape index (κ1) is 13.3. The van der Waals surface area contributed by atoms with Crippen molar-refractivity contribution >= 4 is 5.97 Å². The highest BCUT2D eigenvalue weighted by Gasteiger charge is 2.58. The molecule has 4 heteroatoms. The largest absolute Gasteiger partial charge is 0.469 e. The van der Waals surface area contributed by atoms with E-state index in [1.165, 1.54) is 18.2 Å². The summed E-state index contributed by atoms with van der Waals surface area (Å²) in [6.45, 7) is 0. The fourth-order valence-electron chi connectivity index (χ4n) is 4.10. The van der Waals surface area contributed by atoms with Crippen LogP contribution >= 0.6 is 0 Å². The van der Waals surface area contributed by atoms with Gasteiger partial charge < -0.3 is 14.2 Å². The first-order valence-electron chi connectivity index (χ1n) is 7.72. The minimum Gasteiger partial charge on any atom is -0.469 e. The molecule has 4 nitrogen and oxygen atoms in total. The van der Waals surface area contributed by atoms with Crippen molar-refractivity contribution < 1.29 is 19.0 Å². The molecule has 1 saturated heterocycles. The molecule has 112 valence electrons. The quantitative estimate of drug-likeness (QED) is 0.743. The van der Waals surface area contributed by atoms with Crippen LogP contribution in [-0.2, 0) is 31.8 Å². The van der Waals surface area contributed by atoms with Crippen LogP contribution in [0.25, 0.3) is 0 Å². The smallest absolute Gasteiger partial charge is 0.314 e. The van der Waals surface area contributed by atoms with Gasteiger partial charge in [0.1, 0.15) is 5.92 Å². The first-order chi connectivity index (χ1) is 10.2. The molecule has 3 atom stereocenters. The molecule has 0 N–H and O–H groups in total. The maximum absolute atomic E-state index is 12.0. The maximum Gasteiger partial charge on any atom is 0.314 e. The lowest BCUT2D eigenvalue weighted by atomic mass is 9.88. The molecule has 2 aliphatic carbocycles. The second kappa shape index (κ2) is 4.82. The summed E-state index contributed by atoms with van der Waals surface area (Å²) in [6, 6.07) is 8.45. The van der Waals surface area contributed by atoms with E-state index in [9.17, 15) is 4.79 Å². The Labute approximate surface area is 124 Å². The zero-order valence-corrected chi connectivity index (χ0v) is 12.2. The minimum atomic E-state index is -0.746. The zero-order chi connectivity index (χ0) is 14.4. The summed E-state index contributed by atoms with van der Waals surface area (Å²) in [5, 5.41) is 0. The van der Waals surface area contributed by atoms with E-state index in [4.69, 9.17) is 14.2 Å². The summed E-state index contributed by atoms with van der Waals surface area (Å²) >= 11 is 0. The van der Waals surface area contributed by atoms with Crippen molar-refractivity contribution in [3.05, 3.63) is 35.4 Å². The maximum atomic E-state index is 12.0. The van der Waals surface area contributed by atoms with Gasteiger partial charge in [-0.2, -0.15) is 0 Å². The van der Waals surface area contributed by atoms with Crippen LogP contribution in [0.4, 0.5) is 0 Å². The van der Waals surface area contributed by atoms with E-state index in [0.717, 1.165) is 32.1 Å². The lowest BCUT2D eigenvalue weighted by Gasteiger charge is -2.28. The van der Waals surface area contributed by atoms with Gasteiger partial charge in [-0.05, 0) is 24.0 Å². The van der Waals surface area contributed by atoms with Crippen LogP contribution in [-0.4, -0.2) is 31.1 Å². The second-order valence-corrected chi connectivity index (χ2v) is 6.27. The average molecular weight is 288 g/mol. The van der Waals surface area contributed by atoms with Gasteiger partial charge in [-0.3, -0.25) is 4.79 Å². The molecule has 21 heavy (non-hydrogen) atoms. The van der Waals surface area contributed by atoms with Gasteiger partial charge in [-0.25, -0.2) is 0 Å². The van der Waals surface area contributed by atoms with E-state index >= 15 is 0 Å². The van der Waals surface area contributed by atoms with Crippen molar-refractivity contribution in [2.45, 2.75) is 50.1 Å². The summed E-state index contributed by atoms with van der Waals surface area (Å²) in [5.74, 6) is -1.23. The number of hydrogen-bond acceptors (Lipinski definition) is 4. The number of carbonyl (C=O) groups is 1. The van der Waals surface area contributed by atoms with Gasteiger partial charge >= 0.3 is 5.97 Å². The van der Waals surface area contributed by atoms with Crippen molar-refractivity contribution in [2.75, 3.05) is 7.11 Å². The minimum absolute atomic E-state index is 0.0603. The molecule has 0 amide bonds. The molecule has 3 aliphatic rings. The summed E-state index contributed by atoms with van der Waals surface area (Å²) in [7, 11) is 1.44. The molecule has 0 aromatic heterocycles. The van der Waals surface area contributed by atoms with Crippen LogP contribution < -0.4 is 0 Å². The third kappa shape index (κ3) is 2.00. The first-order valence-corrected chi connectivity index (χ1v) is 7.72. The van der Waals surface area contributed by atoms with E-state index in [1.54, 1.807) is 0 Å². The number of ether oxygens (including phenoxy) is 3. The normalized spacial score (nSPS) is 32.7. The monoisotopic (exact) mass is 288 g/mol. The highest BCUT2D eigenvalue weighted by Crippen LogP contribution is 2.48. The van der Waals surface area contributed by atoms with Crippen molar-refractivity contribution in [2.24, 2.45) is 5.92 Å². The Morgan fingerprint density at radius 1 is 1.19 bits per heavy atom. The predicted octanol–water partition coefficient (Wildman–Crippen LogP) is 2.24. The van der Waals surface area contributed by atoms with E-state index in [1.807, 2.05) is 0 Å². The molecule has 4 rings (SSSR count). The van der Waals surface area contributed by atoms with Crippen molar-refractivity contribution in [1.29, 1.82) is 0 Å². The third-order valence-electron chi connectivity index (χ3n) is 5.11. The van der Waals surface area contributed by atoms with Crippen molar-refractivity contribution in [3.63, 3.8) is 0 Å². The summed E-state index contributed by atoms with van der Waals surface area (Å²) in [6.07, 6.45) is 4.39. The number of rotatable bonds is 1. The SMILES string of the molecule is COC(=O)C1CCCC12O[C@@H]1Cc3ccccc3C[C@H]1O2. The Morgan fingerprint density at radius 3 is 2.38 bits per heavy atom. The van der Waals surface area contributed by atoms with Crippen LogP contribution in [0.3, 0.4) is 0 Å². The topological polar surface area (TPSA) is 44.8 Å². The van der Waals surface area contributed by atoms with Crippen LogP contribution in [0.1, 0.15) is 30.4 Å². The van der Waals surface area contributed by atoms with Gasteiger partial charge in [-0.1, -0.05) is 24.3 Å². The molecule has 1 aromatic rings. The number of methoxy groups -OCH3 is 1. The van der Waals surface area contributed by atoms with E-state index in [0.29, 0.717) is 0 Å². The molecule has 1 spiro atoms. The fraction of sp³-hybridized carbons (Fsp3) is 0.588. The zero-order valence-electron chi connectivity index (χ0n) is 12.2.